The molecule has 2 aliphatic rings. The fraction of sp³-hybridized carbons (Fsp3) is 0.381. The number of primary amides is 1. The molecule has 1 aromatic heterocycles. The quantitative estimate of drug-likeness (QED) is 0.105. The summed E-state index contributed by atoms with van der Waals surface area (Å²) >= 11 is 13.8. The van der Waals surface area contributed by atoms with Gasteiger partial charge in [0.2, 0.25) is 5.91 Å². The molecule has 1 amide bonds. The minimum Gasteiger partial charge on any atom is -0.492 e. The number of aliphatic hydroxyl groups excluding tert-OH is 1. The number of β-amino-alcohol motifs (C(OH)–C–C–N with tert-alkyl or cyclic N) is 1. The van der Waals surface area contributed by atoms with Gasteiger partial charge in [0.15, 0.2) is 0 Å². The summed E-state index contributed by atoms with van der Waals surface area (Å²) in [6.07, 6.45) is 5.82. The summed E-state index contributed by atoms with van der Waals surface area (Å²) < 4.78 is 18.7. The van der Waals surface area contributed by atoms with Gasteiger partial charge in [0, 0.05) is 54.8 Å². The van der Waals surface area contributed by atoms with Crippen molar-refractivity contribution in [1.82, 2.24) is 14.8 Å². The highest BCUT2D eigenvalue weighted by Crippen LogP contribution is 2.39. The second-order valence-electron chi connectivity index (χ2n) is 14.2. The van der Waals surface area contributed by atoms with Crippen LogP contribution in [0.3, 0.4) is 0 Å². The molecule has 14 heteroatoms. The molecule has 3 heterocycles. The van der Waals surface area contributed by atoms with Gasteiger partial charge in [-0.25, -0.2) is 0 Å². The lowest BCUT2D eigenvalue weighted by Gasteiger charge is -2.33. The molecule has 0 spiro atoms. The summed E-state index contributed by atoms with van der Waals surface area (Å²) in [5, 5.41) is 30.1. The monoisotopic (exact) mass is 801 g/mol. The highest BCUT2D eigenvalue weighted by molar-refractivity contribution is 6.35. The minimum atomic E-state index is -0.855. The number of benzene rings is 3. The number of piperidine rings is 1. The van der Waals surface area contributed by atoms with Gasteiger partial charge in [0.1, 0.15) is 42.6 Å². The Morgan fingerprint density at radius 2 is 1.73 bits per heavy atom. The molecule has 2 aliphatic heterocycles. The molecule has 0 bridgehead atoms. The van der Waals surface area contributed by atoms with Gasteiger partial charge < -0.3 is 30.2 Å². The molecule has 0 saturated carbocycles. The average molecular weight is 803 g/mol. The van der Waals surface area contributed by atoms with E-state index >= 15 is 0 Å². The van der Waals surface area contributed by atoms with Crippen LogP contribution in [0.15, 0.2) is 67.0 Å². The first-order valence-electron chi connectivity index (χ1n) is 18.6. The van der Waals surface area contributed by atoms with Crippen molar-refractivity contribution < 1.29 is 34.0 Å². The molecule has 4 aromatic rings. The number of amides is 1. The zero-order valence-electron chi connectivity index (χ0n) is 31.1. The number of aliphatic hydroxyl groups is 1. The molecule has 6 rings (SSSR count). The lowest BCUT2D eigenvalue weighted by atomic mass is 9.96. The van der Waals surface area contributed by atoms with E-state index in [1.807, 2.05) is 53.1 Å². The number of likely N-dealkylation sites (tertiary alicyclic amines) is 2. The SMILES string of the molecule is Cc1c(COc2cc(OCc3cncc(C#N)c3)c(CN3CCCCC3C(=O)O)cc2Cl)cccc1-c1cccc(OCCCN2C[C@H](O)C[C@H]2C(N)=O)c1Cl. The number of nitrogens with zero attached hydrogens (tertiary/aromatic N) is 4. The standard InChI is InChI=1S/C42H45Cl2N5O7/c1-26-29(7-4-8-32(26)33-9-5-11-37(40(33)44)54-14-6-13-49-23-31(50)17-36(49)41(46)51)25-56-39-18-38(55-24-28-15-27(19-45)20-47-21-28)30(16-34(39)43)22-48-12-3-2-10-35(48)42(52)53/h4-5,7-9,11,15-16,18,20-21,31,35-36,50H,2-3,6,10,12-14,17,22-25H2,1H3,(H2,46,51)(H,52,53)/t31-,35?,36+/m1/s1. The number of carboxylic acid groups (broad SMARTS) is 1. The first-order valence-corrected chi connectivity index (χ1v) is 19.4. The number of carbonyl (C=O) groups excluding carboxylic acids is 1. The Morgan fingerprint density at radius 1 is 0.946 bits per heavy atom. The number of ether oxygens (including phenoxy) is 3. The Balaban J connectivity index is 1.17. The van der Waals surface area contributed by atoms with Gasteiger partial charge >= 0.3 is 5.97 Å². The predicted octanol–water partition coefficient (Wildman–Crippen LogP) is 6.52. The molecule has 2 saturated heterocycles. The van der Waals surface area contributed by atoms with E-state index in [1.165, 1.54) is 6.20 Å². The van der Waals surface area contributed by atoms with E-state index in [2.05, 4.69) is 11.1 Å². The van der Waals surface area contributed by atoms with Crippen molar-refractivity contribution in [3.8, 4) is 34.4 Å². The Hall–Kier alpha value is -4.90. The zero-order chi connectivity index (χ0) is 39.8. The topological polar surface area (TPSA) is 171 Å². The van der Waals surface area contributed by atoms with Crippen molar-refractivity contribution in [2.75, 3.05) is 26.2 Å². The molecule has 4 N–H and O–H groups in total. The van der Waals surface area contributed by atoms with Crippen LogP contribution in [-0.2, 0) is 29.3 Å². The van der Waals surface area contributed by atoms with E-state index in [0.29, 0.717) is 90.5 Å². The van der Waals surface area contributed by atoms with Crippen molar-refractivity contribution in [2.24, 2.45) is 5.73 Å². The van der Waals surface area contributed by atoms with Crippen LogP contribution >= 0.6 is 23.2 Å². The second-order valence-corrected chi connectivity index (χ2v) is 15.0. The van der Waals surface area contributed by atoms with Gasteiger partial charge in [-0.3, -0.25) is 24.4 Å². The number of carbonyl (C=O) groups is 2. The third kappa shape index (κ3) is 9.90. The van der Waals surface area contributed by atoms with Crippen molar-refractivity contribution >= 4 is 35.1 Å². The summed E-state index contributed by atoms with van der Waals surface area (Å²) in [4.78, 5) is 31.8. The smallest absolute Gasteiger partial charge is 0.320 e. The molecular weight excluding hydrogens is 757 g/mol. The van der Waals surface area contributed by atoms with Crippen molar-refractivity contribution in [3.05, 3.63) is 105 Å². The van der Waals surface area contributed by atoms with Crippen molar-refractivity contribution in [3.63, 3.8) is 0 Å². The number of nitriles is 1. The summed E-state index contributed by atoms with van der Waals surface area (Å²) in [5.74, 6) is 0.126. The highest BCUT2D eigenvalue weighted by atomic mass is 35.5. The predicted molar refractivity (Wildman–Crippen MR) is 212 cm³/mol. The summed E-state index contributed by atoms with van der Waals surface area (Å²) in [5.41, 5.74) is 10.9. The Morgan fingerprint density at radius 3 is 2.52 bits per heavy atom. The van der Waals surface area contributed by atoms with Crippen LogP contribution in [0.5, 0.6) is 17.2 Å². The van der Waals surface area contributed by atoms with Crippen molar-refractivity contribution in [1.29, 1.82) is 5.26 Å². The molecule has 1 unspecified atom stereocenters. The number of aliphatic carboxylic acids is 1. The number of aromatic nitrogens is 1. The van der Waals surface area contributed by atoms with Crippen LogP contribution in [0, 0.1) is 18.3 Å². The number of hydrogen-bond donors (Lipinski definition) is 3. The number of hydrogen-bond acceptors (Lipinski definition) is 10. The molecule has 2 fully saturated rings. The summed E-state index contributed by atoms with van der Waals surface area (Å²) in [7, 11) is 0. The first-order chi connectivity index (χ1) is 27.0. The highest BCUT2D eigenvalue weighted by Gasteiger charge is 2.34. The van der Waals surface area contributed by atoms with E-state index in [-0.39, 0.29) is 13.2 Å². The van der Waals surface area contributed by atoms with Gasteiger partial charge in [0.25, 0.3) is 0 Å². The maximum atomic E-state index is 12.1. The third-order valence-corrected chi connectivity index (χ3v) is 11.0. The van der Waals surface area contributed by atoms with E-state index in [4.69, 9.17) is 43.1 Å². The minimum absolute atomic E-state index is 0.127. The second kappa shape index (κ2) is 18.8. The van der Waals surface area contributed by atoms with Gasteiger partial charge in [-0.1, -0.05) is 60.0 Å². The maximum absolute atomic E-state index is 12.1. The molecular formula is C42H45Cl2N5O7. The zero-order valence-corrected chi connectivity index (χ0v) is 32.6. The van der Waals surface area contributed by atoms with E-state index in [9.17, 15) is 25.1 Å². The van der Waals surface area contributed by atoms with Crippen LogP contribution in [0.25, 0.3) is 11.1 Å². The molecule has 0 radical (unpaired) electrons. The van der Waals surface area contributed by atoms with Crippen LogP contribution in [0.1, 0.15) is 59.9 Å². The maximum Gasteiger partial charge on any atom is 0.320 e. The Labute approximate surface area is 336 Å². The summed E-state index contributed by atoms with van der Waals surface area (Å²) in [6.45, 7) is 4.59. The first kappa shape index (κ1) is 40.8. The molecule has 3 aromatic carbocycles. The van der Waals surface area contributed by atoms with Crippen molar-refractivity contribution in [2.45, 2.75) is 77.0 Å². The largest absolute Gasteiger partial charge is 0.492 e. The van der Waals surface area contributed by atoms with Crippen LogP contribution < -0.4 is 19.9 Å². The number of carboxylic acids is 1. The lowest BCUT2D eigenvalue weighted by Crippen LogP contribution is -2.44. The normalized spacial score (nSPS) is 18.7. The molecule has 56 heavy (non-hydrogen) atoms. The summed E-state index contributed by atoms with van der Waals surface area (Å²) in [6, 6.07) is 17.7. The van der Waals surface area contributed by atoms with Gasteiger partial charge in [-0.2, -0.15) is 5.26 Å². The Bertz CT molecular complexity index is 2090. The number of rotatable bonds is 16. The molecule has 3 atom stereocenters. The van der Waals surface area contributed by atoms with Gasteiger partial charge in [-0.05, 0) is 74.0 Å². The number of pyridine rings is 1. The molecule has 12 nitrogen and oxygen atoms in total. The van der Waals surface area contributed by atoms with Gasteiger partial charge in [-0.15, -0.1) is 0 Å². The van der Waals surface area contributed by atoms with E-state index < -0.39 is 30.1 Å². The van der Waals surface area contributed by atoms with Crippen LogP contribution in [-0.4, -0.2) is 81.3 Å². The fourth-order valence-corrected chi connectivity index (χ4v) is 7.92. The van der Waals surface area contributed by atoms with Crippen LogP contribution in [0.2, 0.25) is 10.0 Å². The molecule has 294 valence electrons. The Kier molecular flexibility index (Phi) is 13.7. The lowest BCUT2D eigenvalue weighted by molar-refractivity contribution is -0.144. The van der Waals surface area contributed by atoms with Gasteiger partial charge in [0.05, 0.1) is 34.4 Å². The average Bonchev–Trinajstić information content (AvgIpc) is 3.57. The van der Waals surface area contributed by atoms with E-state index in [0.717, 1.165) is 40.7 Å². The number of nitrogens with two attached hydrogens (primary N) is 1. The number of halogens is 2. The van der Waals surface area contributed by atoms with Crippen LogP contribution in [0.4, 0.5) is 0 Å². The third-order valence-electron chi connectivity index (χ3n) is 10.3. The molecule has 0 aliphatic carbocycles. The van der Waals surface area contributed by atoms with E-state index in [1.54, 1.807) is 24.4 Å². The fourth-order valence-electron chi connectivity index (χ4n) is 7.40.